The fourth-order valence-electron chi connectivity index (χ4n) is 2.46. The van der Waals surface area contributed by atoms with Gasteiger partial charge in [-0.3, -0.25) is 19.1 Å². The van der Waals surface area contributed by atoms with Crippen LogP contribution >= 0.6 is 0 Å². The van der Waals surface area contributed by atoms with Crippen LogP contribution in [0.2, 0.25) is 0 Å². The van der Waals surface area contributed by atoms with Crippen molar-refractivity contribution in [2.75, 3.05) is 18.0 Å². The third kappa shape index (κ3) is 4.36. The first-order valence-electron chi connectivity index (χ1n) is 7.72. The van der Waals surface area contributed by atoms with Crippen molar-refractivity contribution >= 4 is 27.5 Å². The number of ether oxygens (including phenoxy) is 1. The molecule has 0 unspecified atom stereocenters. The van der Waals surface area contributed by atoms with Gasteiger partial charge >= 0.3 is 0 Å². The van der Waals surface area contributed by atoms with Crippen LogP contribution in [0.25, 0.3) is 0 Å². The molecule has 2 aromatic carbocycles. The van der Waals surface area contributed by atoms with E-state index < -0.39 is 21.8 Å². The lowest BCUT2D eigenvalue weighted by atomic mass is 10.1. The Balaban J connectivity index is 2.40. The van der Waals surface area contributed by atoms with Crippen LogP contribution in [-0.2, 0) is 14.8 Å². The molecule has 9 nitrogen and oxygen atoms in total. The molecule has 27 heavy (non-hydrogen) atoms. The highest BCUT2D eigenvalue weighted by molar-refractivity contribution is 7.92. The van der Waals surface area contributed by atoms with Crippen molar-refractivity contribution in [3.05, 3.63) is 53.6 Å². The summed E-state index contributed by atoms with van der Waals surface area (Å²) in [6, 6.07) is 10.0. The molecule has 144 valence electrons. The lowest BCUT2D eigenvalue weighted by Gasteiger charge is -2.23. The maximum Gasteiger partial charge on any atom is 0.276 e. The zero-order chi connectivity index (χ0) is 20.2. The Morgan fingerprint density at radius 3 is 2.37 bits per heavy atom. The molecule has 0 saturated heterocycles. The number of carbonyl (C=O) groups excluding carboxylic acids is 2. The molecule has 0 bridgehead atoms. The minimum Gasteiger partial charge on any atom is -0.484 e. The van der Waals surface area contributed by atoms with E-state index in [9.17, 15) is 18.0 Å². The van der Waals surface area contributed by atoms with Gasteiger partial charge in [0.1, 0.15) is 5.75 Å². The van der Waals surface area contributed by atoms with Crippen molar-refractivity contribution in [1.29, 1.82) is 0 Å². The number of carbonyl (C=O) groups is 2. The van der Waals surface area contributed by atoms with Crippen molar-refractivity contribution < 1.29 is 28.0 Å². The fraction of sp³-hybridized carbons (Fsp3) is 0.176. The number of hydrogen-bond donors (Lipinski definition) is 3. The average Bonchev–Trinajstić information content (AvgIpc) is 2.65. The van der Waals surface area contributed by atoms with Gasteiger partial charge in [-0.05, 0) is 42.8 Å². The van der Waals surface area contributed by atoms with Gasteiger partial charge < -0.3 is 10.5 Å². The summed E-state index contributed by atoms with van der Waals surface area (Å²) in [6.07, 6.45) is 0. The lowest BCUT2D eigenvalue weighted by molar-refractivity contribution is -0.119. The quantitative estimate of drug-likeness (QED) is 0.470. The summed E-state index contributed by atoms with van der Waals surface area (Å²) in [5, 5.41) is 8.91. The smallest absolute Gasteiger partial charge is 0.276 e. The Morgan fingerprint density at radius 1 is 1.19 bits per heavy atom. The van der Waals surface area contributed by atoms with Gasteiger partial charge in [-0.1, -0.05) is 12.1 Å². The highest BCUT2D eigenvalue weighted by Crippen LogP contribution is 2.29. The first kappa shape index (κ1) is 20.2. The van der Waals surface area contributed by atoms with Gasteiger partial charge in [0.05, 0.1) is 16.1 Å². The third-order valence-electron chi connectivity index (χ3n) is 3.76. The normalized spacial score (nSPS) is 10.9. The Kier molecular flexibility index (Phi) is 6.03. The predicted octanol–water partition coefficient (Wildman–Crippen LogP) is 0.803. The van der Waals surface area contributed by atoms with E-state index in [1.165, 1.54) is 42.9 Å². The number of rotatable bonds is 7. The van der Waals surface area contributed by atoms with Gasteiger partial charge in [-0.15, -0.1) is 0 Å². The monoisotopic (exact) mass is 393 g/mol. The van der Waals surface area contributed by atoms with E-state index in [2.05, 4.69) is 0 Å². The summed E-state index contributed by atoms with van der Waals surface area (Å²) in [5.74, 6) is -1.20. The highest BCUT2D eigenvalue weighted by atomic mass is 32.2. The van der Waals surface area contributed by atoms with Crippen molar-refractivity contribution in [1.82, 2.24) is 5.48 Å². The molecule has 0 aliphatic carbocycles. The minimum atomic E-state index is -4.00. The third-order valence-corrected chi connectivity index (χ3v) is 5.53. The molecule has 4 N–H and O–H groups in total. The van der Waals surface area contributed by atoms with Gasteiger partial charge in [-0.25, -0.2) is 13.9 Å². The van der Waals surface area contributed by atoms with Gasteiger partial charge in [-0.2, -0.15) is 0 Å². The van der Waals surface area contributed by atoms with Gasteiger partial charge in [0, 0.05) is 7.05 Å². The molecule has 2 aromatic rings. The number of primary amides is 1. The number of sulfonamides is 1. The van der Waals surface area contributed by atoms with E-state index in [4.69, 9.17) is 15.7 Å². The van der Waals surface area contributed by atoms with E-state index in [-0.39, 0.29) is 28.5 Å². The maximum absolute atomic E-state index is 12.9. The summed E-state index contributed by atoms with van der Waals surface area (Å²) in [6.45, 7) is 1.32. The van der Waals surface area contributed by atoms with Crippen LogP contribution in [0.5, 0.6) is 5.75 Å². The number of benzene rings is 2. The van der Waals surface area contributed by atoms with E-state index in [1.54, 1.807) is 19.1 Å². The average molecular weight is 393 g/mol. The van der Waals surface area contributed by atoms with Crippen molar-refractivity contribution in [3.63, 3.8) is 0 Å². The second-order valence-electron chi connectivity index (χ2n) is 5.61. The van der Waals surface area contributed by atoms with Crippen LogP contribution in [0.3, 0.4) is 0 Å². The number of nitrogens with two attached hydrogens (primary N) is 1. The Labute approximate surface area is 156 Å². The molecule has 0 aliphatic heterocycles. The van der Waals surface area contributed by atoms with E-state index in [0.717, 1.165) is 4.31 Å². The number of para-hydroxylation sites is 1. The van der Waals surface area contributed by atoms with Crippen molar-refractivity contribution in [2.45, 2.75) is 11.8 Å². The van der Waals surface area contributed by atoms with Crippen molar-refractivity contribution in [2.24, 2.45) is 5.73 Å². The Hall–Kier alpha value is -3.11. The number of amides is 2. The molecule has 2 amide bonds. The van der Waals surface area contributed by atoms with E-state index >= 15 is 0 Å². The second-order valence-corrected chi connectivity index (χ2v) is 7.58. The Morgan fingerprint density at radius 2 is 1.81 bits per heavy atom. The molecule has 0 heterocycles. The van der Waals surface area contributed by atoms with Crippen LogP contribution in [0.15, 0.2) is 47.4 Å². The number of hydroxylamine groups is 1. The highest BCUT2D eigenvalue weighted by Gasteiger charge is 2.26. The van der Waals surface area contributed by atoms with Gasteiger partial charge in [0.2, 0.25) is 0 Å². The number of nitrogens with one attached hydrogen (secondary N) is 1. The molecule has 0 atom stereocenters. The zero-order valence-corrected chi connectivity index (χ0v) is 15.5. The molecule has 0 radical (unpaired) electrons. The predicted molar refractivity (Wildman–Crippen MR) is 97.2 cm³/mol. The molecule has 0 fully saturated rings. The molecule has 0 aliphatic rings. The Bertz CT molecular complexity index is 957. The summed E-state index contributed by atoms with van der Waals surface area (Å²) in [4.78, 5) is 22.6. The van der Waals surface area contributed by atoms with Gasteiger partial charge in [0.25, 0.3) is 21.8 Å². The molecule has 0 aromatic heterocycles. The summed E-state index contributed by atoms with van der Waals surface area (Å²) in [5.41, 5.74) is 7.17. The first-order valence-corrected chi connectivity index (χ1v) is 9.16. The molecular formula is C17H19N3O6S. The summed E-state index contributed by atoms with van der Waals surface area (Å²) >= 11 is 0. The molecule has 2 rings (SSSR count). The summed E-state index contributed by atoms with van der Waals surface area (Å²) < 4.78 is 31.9. The fourth-order valence-corrected chi connectivity index (χ4v) is 3.74. The number of nitrogens with zero attached hydrogens (tertiary/aromatic N) is 1. The van der Waals surface area contributed by atoms with Crippen LogP contribution in [0, 0.1) is 6.92 Å². The molecular weight excluding hydrogens is 374 g/mol. The molecule has 10 heteroatoms. The van der Waals surface area contributed by atoms with Crippen LogP contribution in [0.1, 0.15) is 15.9 Å². The lowest BCUT2D eigenvalue weighted by Crippen LogP contribution is -2.30. The van der Waals surface area contributed by atoms with E-state index in [0.29, 0.717) is 5.56 Å². The SMILES string of the molecule is Cc1cccc(C(=O)NO)c1N(C)S(=O)(=O)c1ccc(OCC(N)=O)cc1. The number of anilines is 1. The largest absolute Gasteiger partial charge is 0.484 e. The van der Waals surface area contributed by atoms with E-state index in [1.807, 2.05) is 0 Å². The van der Waals surface area contributed by atoms with Crippen molar-refractivity contribution in [3.8, 4) is 5.75 Å². The summed E-state index contributed by atoms with van der Waals surface area (Å²) in [7, 11) is -2.69. The van der Waals surface area contributed by atoms with Crippen LogP contribution < -0.4 is 20.3 Å². The molecule has 0 spiro atoms. The van der Waals surface area contributed by atoms with Crippen LogP contribution in [0.4, 0.5) is 5.69 Å². The van der Waals surface area contributed by atoms with Gasteiger partial charge in [0.15, 0.2) is 6.61 Å². The number of aryl methyl sites for hydroxylation is 1. The first-order chi connectivity index (χ1) is 12.7. The maximum atomic E-state index is 12.9. The number of hydrogen-bond acceptors (Lipinski definition) is 6. The van der Waals surface area contributed by atoms with Crippen LogP contribution in [-0.4, -0.2) is 39.1 Å². The zero-order valence-electron chi connectivity index (χ0n) is 14.7. The molecule has 0 saturated carbocycles. The topological polar surface area (TPSA) is 139 Å². The second kappa shape index (κ2) is 8.06. The standard InChI is InChI=1S/C17H19N3O6S/c1-11-4-3-5-14(17(22)19-23)16(11)20(2)27(24,25)13-8-6-12(7-9-13)26-10-15(18)21/h3-9,23H,10H2,1-2H3,(H2,18,21)(H,19,22). The minimum absolute atomic E-state index is 0.00462.